The van der Waals surface area contributed by atoms with E-state index in [1.54, 1.807) is 23.7 Å². The third kappa shape index (κ3) is 3.47. The van der Waals surface area contributed by atoms with Crippen molar-refractivity contribution < 1.29 is 19.0 Å². The van der Waals surface area contributed by atoms with Crippen LogP contribution in [0.2, 0.25) is 0 Å². The second-order valence-corrected chi connectivity index (χ2v) is 5.38. The molecular weight excluding hydrogens is 302 g/mol. The van der Waals surface area contributed by atoms with Crippen molar-refractivity contribution in [2.24, 2.45) is 0 Å². The Morgan fingerprint density at radius 1 is 1.09 bits per heavy atom. The van der Waals surface area contributed by atoms with Crippen molar-refractivity contribution in [3.05, 3.63) is 53.7 Å². The van der Waals surface area contributed by atoms with Gasteiger partial charge < -0.3 is 19.0 Å². The summed E-state index contributed by atoms with van der Waals surface area (Å²) in [6.45, 7) is 0.475. The number of hydrogen-bond donors (Lipinski definition) is 1. The molecule has 0 saturated heterocycles. The average Bonchev–Trinajstić information content (AvgIpc) is 3.22. The fourth-order valence-electron chi connectivity index (χ4n) is 1.88. The summed E-state index contributed by atoms with van der Waals surface area (Å²) < 4.78 is 16.6. The Hall–Kier alpha value is -2.31. The second kappa shape index (κ2) is 7.11. The number of ether oxygens (including phenoxy) is 2. The highest BCUT2D eigenvalue weighted by molar-refractivity contribution is 7.13. The first kappa shape index (κ1) is 14.6. The summed E-state index contributed by atoms with van der Waals surface area (Å²) in [7, 11) is 0. The van der Waals surface area contributed by atoms with Gasteiger partial charge in [0, 0.05) is 0 Å². The number of thiophene rings is 1. The molecular formula is C16H15NO4S. The van der Waals surface area contributed by atoms with Gasteiger partial charge in [-0.1, -0.05) is 18.2 Å². The topological polar surface area (TPSA) is 64.7 Å². The van der Waals surface area contributed by atoms with Gasteiger partial charge in [-0.15, -0.1) is 11.3 Å². The maximum absolute atomic E-state index is 8.83. The minimum Gasteiger partial charge on any atom is -0.487 e. The van der Waals surface area contributed by atoms with E-state index in [1.165, 1.54) is 0 Å². The monoisotopic (exact) mass is 317 g/mol. The van der Waals surface area contributed by atoms with Crippen LogP contribution in [-0.4, -0.2) is 23.3 Å². The number of oxazole rings is 1. The predicted octanol–water partition coefficient (Wildman–Crippen LogP) is 3.35. The van der Waals surface area contributed by atoms with Crippen molar-refractivity contribution in [3.8, 4) is 22.3 Å². The summed E-state index contributed by atoms with van der Waals surface area (Å²) in [6.07, 6.45) is 1.59. The van der Waals surface area contributed by atoms with E-state index >= 15 is 0 Å². The summed E-state index contributed by atoms with van der Waals surface area (Å²) in [5, 5.41) is 10.8. The van der Waals surface area contributed by atoms with Crippen molar-refractivity contribution in [3.63, 3.8) is 0 Å². The van der Waals surface area contributed by atoms with Gasteiger partial charge in [-0.2, -0.15) is 0 Å². The molecule has 1 aromatic carbocycles. The highest BCUT2D eigenvalue weighted by atomic mass is 32.1. The third-order valence-electron chi connectivity index (χ3n) is 2.86. The summed E-state index contributed by atoms with van der Waals surface area (Å²) in [5.41, 5.74) is 0.709. The maximum atomic E-state index is 8.83. The van der Waals surface area contributed by atoms with Gasteiger partial charge in [0.2, 0.25) is 5.89 Å². The number of nitrogens with zero attached hydrogens (tertiary/aromatic N) is 1. The lowest BCUT2D eigenvalue weighted by molar-refractivity contribution is 0.192. The second-order valence-electron chi connectivity index (χ2n) is 4.43. The van der Waals surface area contributed by atoms with Crippen LogP contribution in [-0.2, 0) is 6.61 Å². The Morgan fingerprint density at radius 2 is 1.91 bits per heavy atom. The Morgan fingerprint density at radius 3 is 2.64 bits per heavy atom. The third-order valence-corrected chi connectivity index (χ3v) is 3.72. The Labute approximate surface area is 131 Å². The molecule has 0 aliphatic rings. The zero-order valence-corrected chi connectivity index (χ0v) is 12.6. The molecule has 0 aliphatic heterocycles. The van der Waals surface area contributed by atoms with Crippen molar-refractivity contribution in [2.45, 2.75) is 6.61 Å². The van der Waals surface area contributed by atoms with E-state index in [0.29, 0.717) is 23.1 Å². The number of benzene rings is 1. The van der Waals surface area contributed by atoms with Gasteiger partial charge in [-0.05, 0) is 23.6 Å². The van der Waals surface area contributed by atoms with Crippen LogP contribution in [0.3, 0.4) is 0 Å². The van der Waals surface area contributed by atoms with Crippen molar-refractivity contribution in [2.75, 3.05) is 13.2 Å². The smallest absolute Gasteiger partial charge is 0.236 e. The molecule has 0 fully saturated rings. The lowest BCUT2D eigenvalue weighted by atomic mass is 10.3. The van der Waals surface area contributed by atoms with Gasteiger partial charge in [0.15, 0.2) is 11.5 Å². The first-order chi connectivity index (χ1) is 10.9. The minimum absolute atomic E-state index is 0.0399. The number of para-hydroxylation sites is 2. The van der Waals surface area contributed by atoms with E-state index < -0.39 is 0 Å². The Kier molecular flexibility index (Phi) is 4.72. The highest BCUT2D eigenvalue weighted by Crippen LogP contribution is 2.28. The summed E-state index contributed by atoms with van der Waals surface area (Å²) in [6, 6.07) is 11.2. The number of aliphatic hydroxyl groups is 1. The molecule has 0 aliphatic carbocycles. The molecule has 0 amide bonds. The molecule has 0 bridgehead atoms. The first-order valence-corrected chi connectivity index (χ1v) is 7.68. The molecule has 3 aromatic rings. The Bertz CT molecular complexity index is 709. The van der Waals surface area contributed by atoms with Gasteiger partial charge in [-0.25, -0.2) is 4.98 Å². The van der Waals surface area contributed by atoms with E-state index in [-0.39, 0.29) is 19.8 Å². The SMILES string of the molecule is OCCOc1ccccc1OCc1coc(-c2cccs2)n1. The van der Waals surface area contributed by atoms with E-state index in [0.717, 1.165) is 4.88 Å². The summed E-state index contributed by atoms with van der Waals surface area (Å²) >= 11 is 1.57. The highest BCUT2D eigenvalue weighted by Gasteiger charge is 2.09. The van der Waals surface area contributed by atoms with Gasteiger partial charge in [0.1, 0.15) is 25.2 Å². The van der Waals surface area contributed by atoms with Crippen molar-refractivity contribution in [1.82, 2.24) is 4.98 Å². The van der Waals surface area contributed by atoms with Crippen LogP contribution in [0.1, 0.15) is 5.69 Å². The molecule has 22 heavy (non-hydrogen) atoms. The van der Waals surface area contributed by atoms with Crippen LogP contribution in [0, 0.1) is 0 Å². The molecule has 0 saturated carbocycles. The van der Waals surface area contributed by atoms with Gasteiger partial charge in [-0.3, -0.25) is 0 Å². The first-order valence-electron chi connectivity index (χ1n) is 6.80. The Balaban J connectivity index is 1.65. The van der Waals surface area contributed by atoms with Crippen LogP contribution in [0.4, 0.5) is 0 Å². The molecule has 0 spiro atoms. The summed E-state index contributed by atoms with van der Waals surface area (Å²) in [4.78, 5) is 5.38. The molecule has 1 N–H and O–H groups in total. The fraction of sp³-hybridized carbons (Fsp3) is 0.188. The van der Waals surface area contributed by atoms with E-state index in [2.05, 4.69) is 4.98 Å². The van der Waals surface area contributed by atoms with Gasteiger partial charge in [0.25, 0.3) is 0 Å². The van der Waals surface area contributed by atoms with Crippen LogP contribution < -0.4 is 9.47 Å². The van der Waals surface area contributed by atoms with Crippen molar-refractivity contribution in [1.29, 1.82) is 0 Å². The molecule has 3 rings (SSSR count). The summed E-state index contributed by atoms with van der Waals surface area (Å²) in [5.74, 6) is 1.80. The van der Waals surface area contributed by atoms with Crippen LogP contribution >= 0.6 is 11.3 Å². The number of hydrogen-bond acceptors (Lipinski definition) is 6. The number of rotatable bonds is 7. The zero-order valence-electron chi connectivity index (χ0n) is 11.8. The van der Waals surface area contributed by atoms with Crippen molar-refractivity contribution >= 4 is 11.3 Å². The van der Waals surface area contributed by atoms with E-state index in [1.807, 2.05) is 35.7 Å². The number of aromatic nitrogens is 1. The maximum Gasteiger partial charge on any atom is 0.236 e. The number of aliphatic hydroxyl groups excluding tert-OH is 1. The molecule has 5 nitrogen and oxygen atoms in total. The molecule has 0 atom stereocenters. The van der Waals surface area contributed by atoms with Crippen LogP contribution in [0.25, 0.3) is 10.8 Å². The molecule has 0 unspecified atom stereocenters. The average molecular weight is 317 g/mol. The van der Waals surface area contributed by atoms with E-state index in [9.17, 15) is 0 Å². The molecule has 2 heterocycles. The molecule has 6 heteroatoms. The lowest BCUT2D eigenvalue weighted by Gasteiger charge is -2.10. The molecule has 114 valence electrons. The van der Waals surface area contributed by atoms with Crippen LogP contribution in [0.5, 0.6) is 11.5 Å². The predicted molar refractivity (Wildman–Crippen MR) is 83.2 cm³/mol. The standard InChI is InChI=1S/C16H15NO4S/c18-7-8-19-13-4-1-2-5-14(13)20-10-12-11-21-16(17-12)15-6-3-9-22-15/h1-6,9,11,18H,7-8,10H2. The fourth-order valence-corrected chi connectivity index (χ4v) is 2.54. The molecule has 0 radical (unpaired) electrons. The van der Waals surface area contributed by atoms with E-state index in [4.69, 9.17) is 19.0 Å². The zero-order chi connectivity index (χ0) is 15.2. The van der Waals surface area contributed by atoms with Crippen LogP contribution in [0.15, 0.2) is 52.5 Å². The quantitative estimate of drug-likeness (QED) is 0.724. The normalized spacial score (nSPS) is 10.6. The molecule has 2 aromatic heterocycles. The van der Waals surface area contributed by atoms with Gasteiger partial charge in [0.05, 0.1) is 11.5 Å². The minimum atomic E-state index is -0.0399. The van der Waals surface area contributed by atoms with Gasteiger partial charge >= 0.3 is 0 Å². The lowest BCUT2D eigenvalue weighted by Crippen LogP contribution is -2.04. The largest absolute Gasteiger partial charge is 0.487 e.